The summed E-state index contributed by atoms with van der Waals surface area (Å²) >= 11 is 0. The molecule has 20 heteroatoms. The first-order chi connectivity index (χ1) is 30.3. The minimum absolute atomic E-state index is 0. The van der Waals surface area contributed by atoms with Crippen LogP contribution in [0.25, 0.3) is 6.08 Å². The van der Waals surface area contributed by atoms with Crippen LogP contribution >= 0.6 is 0 Å². The summed E-state index contributed by atoms with van der Waals surface area (Å²) in [5, 5.41) is 9.18. The maximum atomic E-state index is 7.84. The Balaban J connectivity index is -0.0000000678. The molecule has 0 aliphatic carbocycles. The van der Waals surface area contributed by atoms with Crippen LogP contribution in [-0.2, 0) is 63.5 Å². The van der Waals surface area contributed by atoms with Gasteiger partial charge in [-0.1, -0.05) is 113 Å². The van der Waals surface area contributed by atoms with Crippen LogP contribution in [0.1, 0.15) is 70.9 Å². The SMILES string of the molecule is C.C.C.C.C.C.C=CCOCCOC.C=CC[Si](OC)(OC)OCC.C=COCCOC.C=C[Si](C)(CC[SiH](OC)OC)CC[Si](OC)(OC)OCC.C=Cc1ccc([SiH2]OC)cc1.CCOCO. The lowest BCUT2D eigenvalue weighted by molar-refractivity contribution is 0.00539. The van der Waals surface area contributed by atoms with E-state index in [1.54, 1.807) is 76.1 Å². The fraction of sp³-hybridized carbons (Fsp3) is 0.673. The van der Waals surface area contributed by atoms with Gasteiger partial charge in [0.2, 0.25) is 0 Å². The molecule has 15 nitrogen and oxygen atoms in total. The molecule has 420 valence electrons. The summed E-state index contributed by atoms with van der Waals surface area (Å²) < 4.78 is 72.1. The number of benzene rings is 1. The number of hydrogen-bond donors (Lipinski definition) is 1. The fourth-order valence-electron chi connectivity index (χ4n) is 4.60. The molecule has 0 spiro atoms. The zero-order chi connectivity index (χ0) is 49.1. The minimum atomic E-state index is -2.51. The van der Waals surface area contributed by atoms with Gasteiger partial charge in [0.05, 0.1) is 40.8 Å². The van der Waals surface area contributed by atoms with Gasteiger partial charge in [0.25, 0.3) is 0 Å². The van der Waals surface area contributed by atoms with Gasteiger partial charge < -0.3 is 68.6 Å². The molecular formula is C49H114O15Si5. The van der Waals surface area contributed by atoms with E-state index in [9.17, 15) is 0 Å². The Kier molecular flexibility index (Phi) is 95.3. The Morgan fingerprint density at radius 2 is 1.10 bits per heavy atom. The lowest BCUT2D eigenvalue weighted by atomic mass is 10.2. The molecule has 0 amide bonds. The summed E-state index contributed by atoms with van der Waals surface area (Å²) in [5.74, 6) is 0. The smallest absolute Gasteiger partial charge is 0.499 e. The molecule has 0 fully saturated rings. The molecule has 0 aliphatic rings. The van der Waals surface area contributed by atoms with E-state index in [4.69, 9.17) is 59.2 Å². The number of methoxy groups -OCH3 is 2. The third kappa shape index (κ3) is 58.7. The predicted molar refractivity (Wildman–Crippen MR) is 312 cm³/mol. The number of aliphatic hydroxyl groups is 1. The third-order valence-electron chi connectivity index (χ3n) is 8.35. The van der Waals surface area contributed by atoms with Crippen molar-refractivity contribution in [1.82, 2.24) is 0 Å². The number of rotatable bonds is 33. The molecule has 0 heterocycles. The van der Waals surface area contributed by atoms with E-state index in [1.807, 2.05) is 26.8 Å². The Labute approximate surface area is 435 Å². The van der Waals surface area contributed by atoms with Crippen molar-refractivity contribution < 1.29 is 68.6 Å². The monoisotopic (exact) mass is 1080 g/mol. The molecule has 1 aromatic carbocycles. The van der Waals surface area contributed by atoms with Crippen molar-refractivity contribution in [3.63, 3.8) is 0 Å². The predicted octanol–water partition coefficient (Wildman–Crippen LogP) is 10.1. The van der Waals surface area contributed by atoms with Gasteiger partial charge in [-0.2, -0.15) is 0 Å². The molecule has 69 heavy (non-hydrogen) atoms. The van der Waals surface area contributed by atoms with Crippen LogP contribution in [0.5, 0.6) is 0 Å². The largest absolute Gasteiger partial charge is 0.504 e. The summed E-state index contributed by atoms with van der Waals surface area (Å²) in [5.41, 5.74) is 3.32. The average molecular weight is 1080 g/mol. The topological polar surface area (TPSA) is 149 Å². The summed E-state index contributed by atoms with van der Waals surface area (Å²) in [6, 6.07) is 13.0. The zero-order valence-electron chi connectivity index (χ0n) is 41.6. The second-order valence-corrected chi connectivity index (χ2v) is 27.4. The van der Waals surface area contributed by atoms with Gasteiger partial charge >= 0.3 is 26.9 Å². The van der Waals surface area contributed by atoms with Crippen molar-refractivity contribution in [3.05, 3.63) is 86.8 Å². The third-order valence-corrected chi connectivity index (χ3v) is 21.7. The standard InChI is InChI=1S/C13H32O5Si3.C9H12OSi.C7H16O3Si.C6H12O2.C5H10O2.C3H8O2.6CH4/c1-8-18-21(16-5,17-6)13-12-20(7,9-2)11-10-19(14-3)15-4;1-3-8-4-6-9(7-5-8)11-10-2;1-5-7-11(8-3,9-4)10-6-2;1-3-4-8-6-5-7-2;1-3-7-5-4-6-2;1-2-5-3-4;;;;;;/h9,19H,2,8,10-13H2,1,3-7H3;3-7H,1,11H2,2H3;5H,1,6-7H2,2-4H3;3H,1,4-6H2,2H3;3H,1,4-5H2,2H3;4H,2-3H2,1H3;6*1H4. The Morgan fingerprint density at radius 1 is 0.609 bits per heavy atom. The van der Waals surface area contributed by atoms with Gasteiger partial charge in [0, 0.05) is 95.9 Å². The molecule has 0 saturated heterocycles. The highest BCUT2D eigenvalue weighted by Gasteiger charge is 2.41. The number of hydrogen-bond acceptors (Lipinski definition) is 15. The highest BCUT2D eigenvalue weighted by molar-refractivity contribution is 6.85. The van der Waals surface area contributed by atoms with Gasteiger partial charge in [-0.25, -0.2) is 0 Å². The molecule has 0 bridgehead atoms. The van der Waals surface area contributed by atoms with Gasteiger partial charge in [-0.05, 0) is 43.6 Å². The Morgan fingerprint density at radius 3 is 1.43 bits per heavy atom. The van der Waals surface area contributed by atoms with Crippen molar-refractivity contribution in [2.24, 2.45) is 0 Å². The first kappa shape index (κ1) is 93.3. The summed E-state index contributed by atoms with van der Waals surface area (Å²) in [6.45, 7) is 31.1. The Bertz CT molecular complexity index is 1130. The van der Waals surface area contributed by atoms with Crippen LogP contribution in [0, 0.1) is 0 Å². The van der Waals surface area contributed by atoms with Crippen molar-refractivity contribution >= 4 is 56.0 Å². The van der Waals surface area contributed by atoms with E-state index in [2.05, 4.69) is 78.9 Å². The number of ether oxygens (including phenoxy) is 5. The van der Waals surface area contributed by atoms with Crippen molar-refractivity contribution in [2.75, 3.05) is 124 Å². The number of allylic oxidation sites excluding steroid dienone is 1. The molecule has 0 saturated carbocycles. The zero-order valence-corrected chi connectivity index (χ0v) is 47.1. The quantitative estimate of drug-likeness (QED) is 0.0234. The molecule has 1 unspecified atom stereocenters. The minimum Gasteiger partial charge on any atom is -0.499 e. The van der Waals surface area contributed by atoms with E-state index in [0.29, 0.717) is 58.9 Å². The molecule has 0 radical (unpaired) electrons. The number of aliphatic hydroxyl groups excluding tert-OH is 1. The average Bonchev–Trinajstić information content (AvgIpc) is 3.31. The molecule has 0 aromatic heterocycles. The maximum absolute atomic E-state index is 7.84. The van der Waals surface area contributed by atoms with Gasteiger partial charge in [0.1, 0.15) is 13.4 Å². The molecule has 1 aromatic rings. The van der Waals surface area contributed by atoms with Crippen LogP contribution in [-0.4, -0.2) is 173 Å². The van der Waals surface area contributed by atoms with E-state index >= 15 is 0 Å². The normalized spacial score (nSPS) is 10.7. The molecule has 1 rings (SSSR count). The Hall–Kier alpha value is -1.76. The van der Waals surface area contributed by atoms with E-state index < -0.39 is 44.7 Å². The molecule has 1 atom stereocenters. The summed E-state index contributed by atoms with van der Waals surface area (Å²) in [7, 11) is 6.69. The van der Waals surface area contributed by atoms with Crippen LogP contribution in [0.2, 0.25) is 36.8 Å². The molecule has 1 N–H and O–H groups in total. The van der Waals surface area contributed by atoms with Crippen LogP contribution in [0.3, 0.4) is 0 Å². The van der Waals surface area contributed by atoms with Gasteiger partial charge in [-0.15, -0.1) is 25.4 Å². The summed E-state index contributed by atoms with van der Waals surface area (Å²) in [4.78, 5) is 0. The fourth-order valence-corrected chi connectivity index (χ4v) is 16.8. The van der Waals surface area contributed by atoms with Gasteiger partial charge in [-0.3, -0.25) is 0 Å². The lowest BCUT2D eigenvalue weighted by Gasteiger charge is -2.30. The van der Waals surface area contributed by atoms with E-state index in [-0.39, 0.29) is 51.4 Å². The van der Waals surface area contributed by atoms with Crippen molar-refractivity contribution in [2.45, 2.75) is 102 Å². The molecular weight excluding hydrogens is 969 g/mol. The second kappa shape index (κ2) is 70.5. The highest BCUT2D eigenvalue weighted by Crippen LogP contribution is 2.28. The summed E-state index contributed by atoms with van der Waals surface area (Å²) in [6.07, 6.45) is 6.72. The van der Waals surface area contributed by atoms with Crippen molar-refractivity contribution in [3.8, 4) is 0 Å². The molecule has 0 aliphatic heterocycles. The van der Waals surface area contributed by atoms with Gasteiger partial charge in [0.15, 0.2) is 9.76 Å². The van der Waals surface area contributed by atoms with E-state index in [0.717, 1.165) is 24.2 Å². The van der Waals surface area contributed by atoms with E-state index in [1.165, 1.54) is 17.0 Å². The van der Waals surface area contributed by atoms with Crippen LogP contribution in [0.4, 0.5) is 0 Å². The first-order valence-electron chi connectivity index (χ1n) is 20.9. The van der Waals surface area contributed by atoms with Crippen LogP contribution < -0.4 is 5.19 Å². The second-order valence-electron chi connectivity index (χ2n) is 12.7. The van der Waals surface area contributed by atoms with Crippen LogP contribution in [0.15, 0.2) is 81.3 Å². The maximum Gasteiger partial charge on any atom is 0.504 e. The lowest BCUT2D eigenvalue weighted by Crippen LogP contribution is -2.45. The highest BCUT2D eigenvalue weighted by atomic mass is 28.4. The first-order valence-corrected chi connectivity index (χ1v) is 30.8. The van der Waals surface area contributed by atoms with Crippen molar-refractivity contribution in [1.29, 1.82) is 0 Å².